The first kappa shape index (κ1) is 12.2. The third-order valence-electron chi connectivity index (χ3n) is 3.52. The van der Waals surface area contributed by atoms with E-state index in [1.807, 2.05) is 0 Å². The summed E-state index contributed by atoms with van der Waals surface area (Å²) in [4.78, 5) is 2.20. The van der Waals surface area contributed by atoms with E-state index in [0.717, 1.165) is 18.7 Å². The number of hydrogen-bond acceptors (Lipinski definition) is 1. The maximum Gasteiger partial charge on any atom is 0.128 e. The Morgan fingerprint density at radius 1 is 1.06 bits per heavy atom. The van der Waals surface area contributed by atoms with Crippen molar-refractivity contribution in [2.24, 2.45) is 0 Å². The minimum absolute atomic E-state index is 0.563. The van der Waals surface area contributed by atoms with Gasteiger partial charge in [-0.05, 0) is 30.7 Å². The quantitative estimate of drug-likeness (QED) is 0.609. The topological polar surface area (TPSA) is 27.1 Å². The highest BCUT2D eigenvalue weighted by Gasteiger charge is 2.14. The number of likely N-dealkylation sites (tertiary alicyclic amines) is 1. The van der Waals surface area contributed by atoms with Crippen molar-refractivity contribution in [3.8, 4) is 0 Å². The highest BCUT2D eigenvalue weighted by molar-refractivity contribution is 5.96. The molecule has 0 unspecified atom stereocenters. The lowest BCUT2D eigenvalue weighted by atomic mass is 10.0. The Morgan fingerprint density at radius 3 is 2.18 bits per heavy atom. The summed E-state index contributed by atoms with van der Waals surface area (Å²) in [5.74, 6) is 1.26. The maximum atomic E-state index is 8.23. The number of piperidine rings is 1. The predicted octanol–water partition coefficient (Wildman–Crippen LogP) is 3.62. The van der Waals surface area contributed by atoms with E-state index in [1.54, 1.807) is 0 Å². The van der Waals surface area contributed by atoms with Crippen LogP contribution in [0.4, 0.5) is 0 Å². The van der Waals surface area contributed by atoms with E-state index in [4.69, 9.17) is 5.41 Å². The molecular weight excluding hydrogens is 208 g/mol. The van der Waals surface area contributed by atoms with Crippen molar-refractivity contribution < 1.29 is 0 Å². The van der Waals surface area contributed by atoms with Gasteiger partial charge in [-0.3, -0.25) is 5.41 Å². The summed E-state index contributed by atoms with van der Waals surface area (Å²) in [5, 5.41) is 8.23. The fourth-order valence-electron chi connectivity index (χ4n) is 2.33. The molecule has 1 heterocycles. The average Bonchev–Trinajstić information content (AvgIpc) is 2.39. The Labute approximate surface area is 104 Å². The van der Waals surface area contributed by atoms with Gasteiger partial charge in [0.15, 0.2) is 0 Å². The second kappa shape index (κ2) is 5.35. The first-order valence-corrected chi connectivity index (χ1v) is 6.62. The second-order valence-corrected chi connectivity index (χ2v) is 5.17. The van der Waals surface area contributed by atoms with Crippen LogP contribution in [0.25, 0.3) is 0 Å². The summed E-state index contributed by atoms with van der Waals surface area (Å²) < 4.78 is 0. The Morgan fingerprint density at radius 2 is 1.65 bits per heavy atom. The Balaban J connectivity index is 2.08. The van der Waals surface area contributed by atoms with Crippen LogP contribution in [0.1, 0.15) is 50.2 Å². The zero-order valence-electron chi connectivity index (χ0n) is 10.9. The van der Waals surface area contributed by atoms with Crippen molar-refractivity contribution in [3.63, 3.8) is 0 Å². The molecule has 1 aromatic carbocycles. The monoisotopic (exact) mass is 230 g/mol. The zero-order chi connectivity index (χ0) is 12.3. The molecule has 2 rings (SSSR count). The molecule has 0 radical (unpaired) electrons. The molecule has 1 saturated heterocycles. The molecule has 1 N–H and O–H groups in total. The zero-order valence-corrected chi connectivity index (χ0v) is 10.9. The van der Waals surface area contributed by atoms with E-state index in [1.165, 1.54) is 24.8 Å². The predicted molar refractivity (Wildman–Crippen MR) is 72.8 cm³/mol. The summed E-state index contributed by atoms with van der Waals surface area (Å²) in [6.45, 7) is 6.49. The van der Waals surface area contributed by atoms with Crippen LogP contribution in [-0.4, -0.2) is 23.8 Å². The molecule has 0 spiro atoms. The van der Waals surface area contributed by atoms with Crippen LogP contribution in [0.5, 0.6) is 0 Å². The smallest absolute Gasteiger partial charge is 0.128 e. The van der Waals surface area contributed by atoms with Crippen LogP contribution >= 0.6 is 0 Å². The average molecular weight is 230 g/mol. The summed E-state index contributed by atoms with van der Waals surface area (Å²) in [5.41, 5.74) is 2.40. The van der Waals surface area contributed by atoms with Crippen molar-refractivity contribution in [1.29, 1.82) is 5.41 Å². The van der Waals surface area contributed by atoms with Gasteiger partial charge in [-0.25, -0.2) is 0 Å². The van der Waals surface area contributed by atoms with E-state index < -0.39 is 0 Å². The summed E-state index contributed by atoms with van der Waals surface area (Å²) in [6.07, 6.45) is 3.77. The number of benzene rings is 1. The fourth-order valence-corrected chi connectivity index (χ4v) is 2.33. The molecule has 0 aromatic heterocycles. The molecule has 0 saturated carbocycles. The first-order valence-electron chi connectivity index (χ1n) is 6.62. The number of rotatable bonds is 2. The second-order valence-electron chi connectivity index (χ2n) is 5.17. The Kier molecular flexibility index (Phi) is 3.82. The summed E-state index contributed by atoms with van der Waals surface area (Å²) in [6, 6.07) is 8.48. The molecule has 17 heavy (non-hydrogen) atoms. The van der Waals surface area contributed by atoms with Crippen LogP contribution in [0, 0.1) is 5.41 Å². The minimum Gasteiger partial charge on any atom is -0.357 e. The van der Waals surface area contributed by atoms with E-state index in [2.05, 4.69) is 43.0 Å². The molecule has 2 heteroatoms. The normalized spacial score (nSPS) is 16.3. The van der Waals surface area contributed by atoms with E-state index >= 15 is 0 Å². The van der Waals surface area contributed by atoms with E-state index in [9.17, 15) is 0 Å². The lowest BCUT2D eigenvalue weighted by Crippen LogP contribution is -2.35. The SMILES string of the molecule is CC(C)c1ccc(C(=N)N2CCCCC2)cc1. The Hall–Kier alpha value is -1.31. The highest BCUT2D eigenvalue weighted by Crippen LogP contribution is 2.17. The largest absolute Gasteiger partial charge is 0.357 e. The molecule has 1 aliphatic heterocycles. The number of nitrogens with one attached hydrogen (secondary N) is 1. The van der Waals surface area contributed by atoms with Crippen molar-refractivity contribution in [3.05, 3.63) is 35.4 Å². The van der Waals surface area contributed by atoms with Crippen LogP contribution in [0.2, 0.25) is 0 Å². The van der Waals surface area contributed by atoms with Crippen molar-refractivity contribution >= 4 is 5.84 Å². The van der Waals surface area contributed by atoms with Crippen LogP contribution in [0.3, 0.4) is 0 Å². The number of nitrogens with zero attached hydrogens (tertiary/aromatic N) is 1. The maximum absolute atomic E-state index is 8.23. The van der Waals surface area contributed by atoms with Gasteiger partial charge in [0.2, 0.25) is 0 Å². The van der Waals surface area contributed by atoms with Gasteiger partial charge in [0.25, 0.3) is 0 Å². The molecule has 0 atom stereocenters. The van der Waals surface area contributed by atoms with Gasteiger partial charge >= 0.3 is 0 Å². The molecular formula is C15H22N2. The molecule has 2 nitrogen and oxygen atoms in total. The van der Waals surface area contributed by atoms with Crippen molar-refractivity contribution in [1.82, 2.24) is 4.90 Å². The van der Waals surface area contributed by atoms with Gasteiger partial charge in [0, 0.05) is 18.7 Å². The van der Waals surface area contributed by atoms with Crippen molar-refractivity contribution in [2.45, 2.75) is 39.0 Å². The van der Waals surface area contributed by atoms with Crippen LogP contribution in [-0.2, 0) is 0 Å². The third kappa shape index (κ3) is 2.87. The fraction of sp³-hybridized carbons (Fsp3) is 0.533. The first-order chi connectivity index (χ1) is 8.18. The van der Waals surface area contributed by atoms with Gasteiger partial charge in [-0.1, -0.05) is 38.1 Å². The molecule has 92 valence electrons. The molecule has 1 fully saturated rings. The van der Waals surface area contributed by atoms with Gasteiger partial charge in [0.05, 0.1) is 0 Å². The molecule has 0 amide bonds. The molecule has 1 aromatic rings. The third-order valence-corrected chi connectivity index (χ3v) is 3.52. The standard InChI is InChI=1S/C15H22N2/c1-12(2)13-6-8-14(9-7-13)15(16)17-10-4-3-5-11-17/h6-9,12,16H,3-5,10-11H2,1-2H3. The van der Waals surface area contributed by atoms with Gasteiger partial charge in [-0.15, -0.1) is 0 Å². The van der Waals surface area contributed by atoms with Gasteiger partial charge in [0.1, 0.15) is 5.84 Å². The Bertz CT molecular complexity index is 372. The van der Waals surface area contributed by atoms with Gasteiger partial charge in [-0.2, -0.15) is 0 Å². The molecule has 0 aliphatic carbocycles. The highest BCUT2D eigenvalue weighted by atomic mass is 15.2. The lowest BCUT2D eigenvalue weighted by Gasteiger charge is -2.29. The number of hydrogen-bond donors (Lipinski definition) is 1. The number of amidine groups is 1. The van der Waals surface area contributed by atoms with Crippen LogP contribution in [0.15, 0.2) is 24.3 Å². The van der Waals surface area contributed by atoms with E-state index in [-0.39, 0.29) is 0 Å². The van der Waals surface area contributed by atoms with Crippen molar-refractivity contribution in [2.75, 3.05) is 13.1 Å². The molecule has 1 aliphatic rings. The van der Waals surface area contributed by atoms with E-state index in [0.29, 0.717) is 11.8 Å². The minimum atomic E-state index is 0.563. The van der Waals surface area contributed by atoms with Crippen LogP contribution < -0.4 is 0 Å². The lowest BCUT2D eigenvalue weighted by molar-refractivity contribution is 0.341. The van der Waals surface area contributed by atoms with Gasteiger partial charge < -0.3 is 4.90 Å². The summed E-state index contributed by atoms with van der Waals surface area (Å²) in [7, 11) is 0. The molecule has 0 bridgehead atoms. The summed E-state index contributed by atoms with van der Waals surface area (Å²) >= 11 is 0.